The quantitative estimate of drug-likeness (QED) is 0.425. The Bertz CT molecular complexity index is 1020. The first kappa shape index (κ1) is 25.1. The molecule has 1 amide bonds. The second-order valence-corrected chi connectivity index (χ2v) is 11.7. The Hall–Kier alpha value is -1.59. The Morgan fingerprint density at radius 3 is 2.34 bits per heavy atom. The van der Waals surface area contributed by atoms with Crippen molar-refractivity contribution in [1.82, 2.24) is 9.80 Å². The summed E-state index contributed by atoms with van der Waals surface area (Å²) in [6.07, 6.45) is 6.84. The van der Waals surface area contributed by atoms with Crippen molar-refractivity contribution in [2.24, 2.45) is 11.3 Å². The number of carbonyl (C=O) groups excluding carboxylic acids is 1. The van der Waals surface area contributed by atoms with Crippen LogP contribution in [-0.2, 0) is 4.79 Å². The molecule has 6 heteroatoms. The first-order chi connectivity index (χ1) is 17.0. The Balaban J connectivity index is 1.57. The lowest BCUT2D eigenvalue weighted by Crippen LogP contribution is -2.54. The molecule has 5 rings (SSSR count). The average Bonchev–Trinajstić information content (AvgIpc) is 3.52. The van der Waals surface area contributed by atoms with Crippen LogP contribution in [0.1, 0.15) is 68.0 Å². The molecule has 1 N–H and O–H groups in total. The van der Waals surface area contributed by atoms with Gasteiger partial charge < -0.3 is 14.9 Å². The average molecular weight is 516 g/mol. The van der Waals surface area contributed by atoms with E-state index in [2.05, 4.69) is 34.1 Å². The van der Waals surface area contributed by atoms with Crippen LogP contribution in [0.4, 0.5) is 0 Å². The molecule has 0 bridgehead atoms. The van der Waals surface area contributed by atoms with Crippen LogP contribution in [0.15, 0.2) is 48.5 Å². The lowest BCUT2D eigenvalue weighted by Gasteiger charge is -2.51. The van der Waals surface area contributed by atoms with Crippen LogP contribution in [-0.4, -0.2) is 53.6 Å². The fourth-order valence-corrected chi connectivity index (χ4v) is 6.61. The summed E-state index contributed by atoms with van der Waals surface area (Å²) < 4.78 is 0. The summed E-state index contributed by atoms with van der Waals surface area (Å²) in [5.41, 5.74) is 1.71. The summed E-state index contributed by atoms with van der Waals surface area (Å²) in [5.74, 6) is 0.879. The van der Waals surface area contributed by atoms with Crippen LogP contribution in [0.25, 0.3) is 0 Å². The van der Waals surface area contributed by atoms with Gasteiger partial charge in [0.25, 0.3) is 0 Å². The number of amides is 1. The third-order valence-corrected chi connectivity index (χ3v) is 8.86. The Kier molecular flexibility index (Phi) is 7.74. The van der Waals surface area contributed by atoms with Gasteiger partial charge in [-0.1, -0.05) is 47.5 Å². The van der Waals surface area contributed by atoms with Crippen molar-refractivity contribution >= 4 is 29.1 Å². The summed E-state index contributed by atoms with van der Waals surface area (Å²) in [6.45, 7) is 3.94. The third kappa shape index (κ3) is 5.56. The molecule has 0 radical (unpaired) electrons. The van der Waals surface area contributed by atoms with Crippen molar-refractivity contribution in [3.8, 4) is 0 Å². The van der Waals surface area contributed by atoms with Crippen molar-refractivity contribution in [3.05, 3.63) is 69.7 Å². The molecule has 4 nitrogen and oxygen atoms in total. The Labute approximate surface area is 219 Å². The minimum Gasteiger partial charge on any atom is -0.396 e. The van der Waals surface area contributed by atoms with E-state index in [0.717, 1.165) is 50.1 Å². The number of hydrogen-bond donors (Lipinski definition) is 1. The SMILES string of the molecule is O=C1N(CC2CC2)[C@H](c2ccc(Cl)cc2)[C@@H](c2cccc(Cl)c2)CC1(CCO)CCN1CCCC1. The van der Waals surface area contributed by atoms with Gasteiger partial charge >= 0.3 is 0 Å². The van der Waals surface area contributed by atoms with Crippen molar-refractivity contribution in [2.45, 2.75) is 56.9 Å². The molecule has 35 heavy (non-hydrogen) atoms. The van der Waals surface area contributed by atoms with Gasteiger partial charge in [-0.15, -0.1) is 0 Å². The monoisotopic (exact) mass is 514 g/mol. The van der Waals surface area contributed by atoms with E-state index < -0.39 is 5.41 Å². The van der Waals surface area contributed by atoms with Crippen LogP contribution in [0.5, 0.6) is 0 Å². The number of nitrogens with zero attached hydrogens (tertiary/aromatic N) is 2. The van der Waals surface area contributed by atoms with E-state index in [1.165, 1.54) is 25.7 Å². The lowest BCUT2D eigenvalue weighted by molar-refractivity contribution is -0.155. The standard InChI is InChI=1S/C29H36Cl2N2O2/c30-24-10-8-22(9-11-24)27-26(23-4-3-5-25(31)18-23)19-29(13-17-34,12-16-32-14-1-2-15-32)28(35)33(27)20-21-6-7-21/h3-5,8-11,18,21,26-27,34H,1-2,6-7,12-17,19-20H2/t26-,27-,29?/m1/s1. The van der Waals surface area contributed by atoms with Crippen LogP contribution < -0.4 is 0 Å². The zero-order valence-corrected chi connectivity index (χ0v) is 21.9. The fourth-order valence-electron chi connectivity index (χ4n) is 6.29. The van der Waals surface area contributed by atoms with E-state index in [1.807, 2.05) is 24.3 Å². The minimum absolute atomic E-state index is 0.0247. The smallest absolute Gasteiger partial charge is 0.229 e. The summed E-state index contributed by atoms with van der Waals surface area (Å²) in [6, 6.07) is 16.0. The molecule has 0 spiro atoms. The molecule has 3 atom stereocenters. The van der Waals surface area contributed by atoms with E-state index >= 15 is 0 Å². The molecule has 2 saturated heterocycles. The topological polar surface area (TPSA) is 43.8 Å². The van der Waals surface area contributed by atoms with Crippen molar-refractivity contribution < 1.29 is 9.90 Å². The highest BCUT2D eigenvalue weighted by Crippen LogP contribution is 2.53. The number of rotatable bonds is 9. The molecule has 0 aromatic heterocycles. The van der Waals surface area contributed by atoms with Crippen LogP contribution in [0.3, 0.4) is 0 Å². The minimum atomic E-state index is -0.567. The molecule has 2 aromatic rings. The van der Waals surface area contributed by atoms with E-state index in [-0.39, 0.29) is 24.5 Å². The number of piperidine rings is 1. The zero-order chi connectivity index (χ0) is 24.4. The molecule has 3 fully saturated rings. The number of halogens is 2. The van der Waals surface area contributed by atoms with E-state index in [0.29, 0.717) is 22.4 Å². The Morgan fingerprint density at radius 2 is 1.69 bits per heavy atom. The van der Waals surface area contributed by atoms with Crippen molar-refractivity contribution in [3.63, 3.8) is 0 Å². The highest BCUT2D eigenvalue weighted by Gasteiger charge is 2.52. The van der Waals surface area contributed by atoms with E-state index in [1.54, 1.807) is 0 Å². The number of likely N-dealkylation sites (tertiary alicyclic amines) is 2. The highest BCUT2D eigenvalue weighted by molar-refractivity contribution is 6.30. The predicted octanol–water partition coefficient (Wildman–Crippen LogP) is 6.32. The van der Waals surface area contributed by atoms with Crippen molar-refractivity contribution in [2.75, 3.05) is 32.8 Å². The van der Waals surface area contributed by atoms with Gasteiger partial charge in [0.15, 0.2) is 0 Å². The lowest BCUT2D eigenvalue weighted by atomic mass is 9.65. The first-order valence-corrected chi connectivity index (χ1v) is 13.9. The van der Waals surface area contributed by atoms with Crippen molar-refractivity contribution in [1.29, 1.82) is 0 Å². The molecular formula is C29H36Cl2N2O2. The largest absolute Gasteiger partial charge is 0.396 e. The molecule has 2 aromatic carbocycles. The van der Waals surface area contributed by atoms with Gasteiger partial charge in [0.2, 0.25) is 5.91 Å². The van der Waals surface area contributed by atoms with Gasteiger partial charge in [-0.25, -0.2) is 0 Å². The normalized spacial score (nSPS) is 27.5. The van der Waals surface area contributed by atoms with Gasteiger partial charge in [0.1, 0.15) is 0 Å². The Morgan fingerprint density at radius 1 is 0.943 bits per heavy atom. The van der Waals surface area contributed by atoms with Gasteiger partial charge in [0.05, 0.1) is 11.5 Å². The summed E-state index contributed by atoms with van der Waals surface area (Å²) >= 11 is 12.7. The molecule has 2 heterocycles. The molecular weight excluding hydrogens is 479 g/mol. The van der Waals surface area contributed by atoms with E-state index in [4.69, 9.17) is 23.2 Å². The van der Waals surface area contributed by atoms with Gasteiger partial charge in [-0.2, -0.15) is 0 Å². The summed E-state index contributed by atoms with van der Waals surface area (Å²) in [5, 5.41) is 11.6. The number of aliphatic hydroxyl groups excluding tert-OH is 1. The highest BCUT2D eigenvalue weighted by atomic mass is 35.5. The molecule has 1 aliphatic carbocycles. The van der Waals surface area contributed by atoms with Crippen LogP contribution >= 0.6 is 23.2 Å². The van der Waals surface area contributed by atoms with Crippen LogP contribution in [0, 0.1) is 11.3 Å². The number of hydrogen-bond acceptors (Lipinski definition) is 3. The second kappa shape index (κ2) is 10.8. The summed E-state index contributed by atoms with van der Waals surface area (Å²) in [7, 11) is 0. The maximum Gasteiger partial charge on any atom is 0.229 e. The number of benzene rings is 2. The van der Waals surface area contributed by atoms with E-state index in [9.17, 15) is 9.90 Å². The van der Waals surface area contributed by atoms with Crippen LogP contribution in [0.2, 0.25) is 10.0 Å². The maximum atomic E-state index is 14.4. The first-order valence-electron chi connectivity index (χ1n) is 13.1. The van der Waals surface area contributed by atoms with Gasteiger partial charge in [0, 0.05) is 29.1 Å². The molecule has 1 saturated carbocycles. The van der Waals surface area contributed by atoms with Gasteiger partial charge in [-0.3, -0.25) is 4.79 Å². The summed E-state index contributed by atoms with van der Waals surface area (Å²) in [4.78, 5) is 19.1. The molecule has 2 aliphatic heterocycles. The number of aliphatic hydroxyl groups is 1. The fraction of sp³-hybridized carbons (Fsp3) is 0.552. The molecule has 3 aliphatic rings. The second-order valence-electron chi connectivity index (χ2n) is 10.8. The zero-order valence-electron chi connectivity index (χ0n) is 20.3. The molecule has 188 valence electrons. The number of carbonyl (C=O) groups is 1. The maximum absolute atomic E-state index is 14.4. The third-order valence-electron chi connectivity index (χ3n) is 8.38. The predicted molar refractivity (Wildman–Crippen MR) is 142 cm³/mol. The molecule has 1 unspecified atom stereocenters. The van der Waals surface area contributed by atoms with Gasteiger partial charge in [-0.05, 0) is 106 Å².